The average molecular weight is 533 g/mol. The zero-order valence-corrected chi connectivity index (χ0v) is 24.9. The summed E-state index contributed by atoms with van der Waals surface area (Å²) in [6, 6.07) is 13.0. The highest BCUT2D eigenvalue weighted by Gasteiger charge is 2.23. The first-order valence-corrected chi connectivity index (χ1v) is 14.6. The van der Waals surface area contributed by atoms with Crippen molar-refractivity contribution in [2.24, 2.45) is 0 Å². The van der Waals surface area contributed by atoms with Crippen molar-refractivity contribution < 1.29 is 19.4 Å². The molecule has 1 amide bonds. The Labute approximate surface area is 229 Å². The van der Waals surface area contributed by atoms with Crippen LogP contribution in [0.3, 0.4) is 0 Å². The summed E-state index contributed by atoms with van der Waals surface area (Å²) in [5, 5.41) is 12.2. The second kappa shape index (κ2) is 20.7. The van der Waals surface area contributed by atoms with E-state index in [1.807, 2.05) is 77.3 Å². The minimum Gasteiger partial charge on any atom is -0.480 e. The molecule has 0 radical (unpaired) electrons. The average Bonchev–Trinajstić information content (AvgIpc) is 3.42. The van der Waals surface area contributed by atoms with Crippen LogP contribution in [-0.2, 0) is 16.1 Å². The molecule has 0 bridgehead atoms. The van der Waals surface area contributed by atoms with E-state index < -0.39 is 12.0 Å². The first kappa shape index (κ1) is 34.6. The Morgan fingerprint density at radius 1 is 1.03 bits per heavy atom. The number of nitrogens with one attached hydrogen (secondary N) is 1. The largest absolute Gasteiger partial charge is 0.480 e. The molecule has 2 aromatic carbocycles. The van der Waals surface area contributed by atoms with Crippen molar-refractivity contribution >= 4 is 23.6 Å². The van der Waals surface area contributed by atoms with Crippen molar-refractivity contribution in [2.75, 3.05) is 39.3 Å². The van der Waals surface area contributed by atoms with Gasteiger partial charge in [0.25, 0.3) is 5.91 Å². The molecule has 2 N–H and O–H groups in total. The molecule has 7 heteroatoms. The van der Waals surface area contributed by atoms with Crippen LogP contribution in [0.25, 0.3) is 11.1 Å². The van der Waals surface area contributed by atoms with Crippen molar-refractivity contribution in [1.29, 1.82) is 0 Å². The number of aliphatic carboxylic acids is 1. The predicted octanol–water partition coefficient (Wildman–Crippen LogP) is 6.51. The highest BCUT2D eigenvalue weighted by atomic mass is 32.2. The maximum atomic E-state index is 13.1. The lowest BCUT2D eigenvalue weighted by Gasteiger charge is -2.19. The van der Waals surface area contributed by atoms with Gasteiger partial charge in [0.15, 0.2) is 0 Å². The van der Waals surface area contributed by atoms with E-state index in [-0.39, 0.29) is 5.91 Å². The highest BCUT2D eigenvalue weighted by Crippen LogP contribution is 2.29. The molecular formula is C30H48N2O4S. The summed E-state index contributed by atoms with van der Waals surface area (Å²) in [5.74, 6) is -0.661. The van der Waals surface area contributed by atoms with E-state index in [0.29, 0.717) is 17.7 Å². The maximum Gasteiger partial charge on any atom is 0.326 e. The normalized spacial score (nSPS) is 13.1. The smallest absolute Gasteiger partial charge is 0.326 e. The van der Waals surface area contributed by atoms with Gasteiger partial charge in [-0.05, 0) is 85.7 Å². The molecule has 0 aromatic heterocycles. The van der Waals surface area contributed by atoms with Crippen molar-refractivity contribution in [1.82, 2.24) is 10.2 Å². The van der Waals surface area contributed by atoms with Crippen LogP contribution >= 0.6 is 11.8 Å². The van der Waals surface area contributed by atoms with Gasteiger partial charge >= 0.3 is 5.97 Å². The Kier molecular flexibility index (Phi) is 19.4. The molecule has 208 valence electrons. The number of carboxylic acids is 1. The number of aryl methyl sites for hydroxylation is 1. The molecule has 0 saturated carbocycles. The number of benzene rings is 2. The topological polar surface area (TPSA) is 78.9 Å². The minimum atomic E-state index is -1.000. The molecule has 1 atom stereocenters. The number of ether oxygens (including phenoxy) is 1. The second-order valence-corrected chi connectivity index (χ2v) is 9.22. The quantitative estimate of drug-likeness (QED) is 0.383. The lowest BCUT2D eigenvalue weighted by atomic mass is 9.93. The van der Waals surface area contributed by atoms with Crippen LogP contribution in [0, 0.1) is 6.92 Å². The van der Waals surface area contributed by atoms with Gasteiger partial charge in [0.2, 0.25) is 0 Å². The van der Waals surface area contributed by atoms with Gasteiger partial charge in [-0.2, -0.15) is 11.8 Å². The molecule has 0 spiro atoms. The van der Waals surface area contributed by atoms with Crippen LogP contribution in [0.4, 0.5) is 0 Å². The molecule has 6 nitrogen and oxygen atoms in total. The monoisotopic (exact) mass is 532 g/mol. The SMILES string of the molecule is CC.CC.COC.CSCCC(NC(=O)c1ccc(CN2CCCC2)cc1-c1ccccc1C)C(=O)O. The number of amides is 1. The molecule has 1 unspecified atom stereocenters. The molecule has 1 heterocycles. The number of rotatable bonds is 9. The van der Waals surface area contributed by atoms with E-state index in [9.17, 15) is 14.7 Å². The third-order valence-electron chi connectivity index (χ3n) is 5.58. The second-order valence-electron chi connectivity index (χ2n) is 8.23. The van der Waals surface area contributed by atoms with Crippen LogP contribution in [0.5, 0.6) is 0 Å². The lowest BCUT2D eigenvalue weighted by molar-refractivity contribution is -0.139. The summed E-state index contributed by atoms with van der Waals surface area (Å²) in [5.41, 5.74) is 4.63. The number of carbonyl (C=O) groups is 2. The van der Waals surface area contributed by atoms with Crippen LogP contribution in [-0.4, -0.2) is 67.2 Å². The van der Waals surface area contributed by atoms with Gasteiger partial charge in [-0.25, -0.2) is 4.79 Å². The van der Waals surface area contributed by atoms with E-state index in [1.54, 1.807) is 26.0 Å². The molecule has 0 aliphatic carbocycles. The van der Waals surface area contributed by atoms with Crippen LogP contribution < -0.4 is 5.32 Å². The van der Waals surface area contributed by atoms with E-state index in [1.165, 1.54) is 18.4 Å². The van der Waals surface area contributed by atoms with Gasteiger partial charge in [0, 0.05) is 26.3 Å². The summed E-state index contributed by atoms with van der Waals surface area (Å²) < 4.78 is 4.25. The first-order chi connectivity index (χ1) is 17.9. The molecule has 1 saturated heterocycles. The summed E-state index contributed by atoms with van der Waals surface area (Å²) in [6.07, 6.45) is 4.79. The Hall–Kier alpha value is -2.35. The zero-order valence-electron chi connectivity index (χ0n) is 24.1. The standard InChI is InChI=1S/C24H30N2O3S.C2H6O.2C2H6/c1-17-7-3-4-8-19(17)21-15-18(16-26-12-5-6-13-26)9-10-20(21)23(27)25-22(24(28)29)11-14-30-2;1-3-2;2*1-2/h3-4,7-10,15,22H,5-6,11-14,16H2,1-2H3,(H,25,27)(H,28,29);1-2H3;2*1-2H3. The number of hydrogen-bond acceptors (Lipinski definition) is 5. The summed E-state index contributed by atoms with van der Waals surface area (Å²) in [6.45, 7) is 13.1. The van der Waals surface area contributed by atoms with Crippen molar-refractivity contribution in [3.63, 3.8) is 0 Å². The van der Waals surface area contributed by atoms with Crippen LogP contribution in [0.15, 0.2) is 42.5 Å². The zero-order chi connectivity index (χ0) is 28.2. The number of thioether (sulfide) groups is 1. The highest BCUT2D eigenvalue weighted by molar-refractivity contribution is 7.98. The predicted molar refractivity (Wildman–Crippen MR) is 159 cm³/mol. The third-order valence-corrected chi connectivity index (χ3v) is 6.23. The molecule has 1 fully saturated rings. The summed E-state index contributed by atoms with van der Waals surface area (Å²) in [4.78, 5) is 27.1. The number of likely N-dealkylation sites (tertiary alicyclic amines) is 1. The van der Waals surface area contributed by atoms with Crippen LogP contribution in [0.2, 0.25) is 0 Å². The molecule has 37 heavy (non-hydrogen) atoms. The third kappa shape index (κ3) is 12.2. The maximum absolute atomic E-state index is 13.1. The van der Waals surface area contributed by atoms with Gasteiger partial charge in [0.05, 0.1) is 0 Å². The Morgan fingerprint density at radius 3 is 2.16 bits per heavy atom. The number of carbonyl (C=O) groups excluding carboxylic acids is 1. The molecule has 2 aromatic rings. The fraction of sp³-hybridized carbons (Fsp3) is 0.533. The van der Waals surface area contributed by atoms with Gasteiger partial charge in [-0.1, -0.05) is 58.0 Å². The van der Waals surface area contributed by atoms with Gasteiger partial charge < -0.3 is 15.2 Å². The summed E-state index contributed by atoms with van der Waals surface area (Å²) >= 11 is 1.57. The lowest BCUT2D eigenvalue weighted by Crippen LogP contribution is -2.41. The molecule has 1 aliphatic heterocycles. The number of carboxylic acid groups (broad SMARTS) is 1. The van der Waals surface area contributed by atoms with Crippen molar-refractivity contribution in [3.8, 4) is 11.1 Å². The van der Waals surface area contributed by atoms with Gasteiger partial charge in [-0.15, -0.1) is 0 Å². The fourth-order valence-electron chi connectivity index (χ4n) is 3.91. The Balaban J connectivity index is 0.00000169. The van der Waals surface area contributed by atoms with Crippen molar-refractivity contribution in [2.45, 2.75) is 66.5 Å². The number of nitrogens with zero attached hydrogens (tertiary/aromatic N) is 1. The number of methoxy groups -OCH3 is 1. The van der Waals surface area contributed by atoms with Crippen LogP contribution in [0.1, 0.15) is 68.4 Å². The summed E-state index contributed by atoms with van der Waals surface area (Å²) in [7, 11) is 3.25. The minimum absolute atomic E-state index is 0.338. The molecule has 3 rings (SSSR count). The van der Waals surface area contributed by atoms with E-state index >= 15 is 0 Å². The van der Waals surface area contributed by atoms with Crippen molar-refractivity contribution in [3.05, 3.63) is 59.2 Å². The Bertz CT molecular complexity index is 914. The fourth-order valence-corrected chi connectivity index (χ4v) is 4.39. The number of hydrogen-bond donors (Lipinski definition) is 2. The Morgan fingerprint density at radius 2 is 1.62 bits per heavy atom. The molecular weight excluding hydrogens is 484 g/mol. The first-order valence-electron chi connectivity index (χ1n) is 13.2. The molecule has 1 aliphatic rings. The van der Waals surface area contributed by atoms with Gasteiger partial charge in [0.1, 0.15) is 6.04 Å². The van der Waals surface area contributed by atoms with E-state index in [4.69, 9.17) is 0 Å². The van der Waals surface area contributed by atoms with E-state index in [2.05, 4.69) is 21.0 Å². The van der Waals surface area contributed by atoms with Gasteiger partial charge in [-0.3, -0.25) is 9.69 Å². The van der Waals surface area contributed by atoms with E-state index in [0.717, 1.165) is 36.3 Å².